The summed E-state index contributed by atoms with van der Waals surface area (Å²) in [6, 6.07) is 37.1. The Morgan fingerprint density at radius 2 is 0.818 bits per heavy atom. The zero-order valence-corrected chi connectivity index (χ0v) is 19.8. The molecule has 0 bridgehead atoms. The topological polar surface area (TPSA) is 0 Å². The SMILES string of the molecule is CC(C)(C)c1ccc([S+](c2ccccc2)c2ccccc2)cc1.FC(F)(F)c1ccccc1. The molecule has 0 aliphatic carbocycles. The lowest BCUT2D eigenvalue weighted by atomic mass is 9.87. The number of halogens is 3. The van der Waals surface area contributed by atoms with Gasteiger partial charge >= 0.3 is 6.18 Å². The average Bonchev–Trinajstić information content (AvgIpc) is 2.81. The van der Waals surface area contributed by atoms with Gasteiger partial charge in [0.1, 0.15) is 0 Å². The summed E-state index contributed by atoms with van der Waals surface area (Å²) in [5.74, 6) is 0. The van der Waals surface area contributed by atoms with Crippen molar-refractivity contribution in [3.05, 3.63) is 126 Å². The van der Waals surface area contributed by atoms with E-state index in [4.69, 9.17) is 0 Å². The summed E-state index contributed by atoms with van der Waals surface area (Å²) in [4.78, 5) is 4.10. The fraction of sp³-hybridized carbons (Fsp3) is 0.172. The van der Waals surface area contributed by atoms with Crippen LogP contribution in [0.3, 0.4) is 0 Å². The second kappa shape index (κ2) is 10.8. The Morgan fingerprint density at radius 1 is 0.455 bits per heavy atom. The Labute approximate surface area is 197 Å². The summed E-state index contributed by atoms with van der Waals surface area (Å²) in [5.41, 5.74) is 0.970. The lowest BCUT2D eigenvalue weighted by Gasteiger charge is -2.19. The van der Waals surface area contributed by atoms with Gasteiger partial charge in [-0.2, -0.15) is 13.2 Å². The van der Waals surface area contributed by atoms with Gasteiger partial charge in [-0.05, 0) is 47.4 Å². The molecular formula is C29H28F3S+. The van der Waals surface area contributed by atoms with Gasteiger partial charge in [0.05, 0.1) is 16.5 Å². The normalized spacial score (nSPS) is 11.6. The molecule has 0 aromatic heterocycles. The van der Waals surface area contributed by atoms with Crippen molar-refractivity contribution in [2.75, 3.05) is 0 Å². The fourth-order valence-corrected chi connectivity index (χ4v) is 5.32. The van der Waals surface area contributed by atoms with Crippen molar-refractivity contribution in [2.45, 2.75) is 47.0 Å². The Kier molecular flexibility index (Phi) is 8.04. The minimum absolute atomic E-state index is 0.0497. The van der Waals surface area contributed by atoms with E-state index in [1.165, 1.54) is 32.4 Å². The summed E-state index contributed by atoms with van der Waals surface area (Å²) < 4.78 is 35.4. The van der Waals surface area contributed by atoms with E-state index in [1.54, 1.807) is 6.07 Å². The van der Waals surface area contributed by atoms with Crippen LogP contribution in [0.2, 0.25) is 0 Å². The van der Waals surface area contributed by atoms with E-state index >= 15 is 0 Å². The zero-order chi connectivity index (χ0) is 23.9. The van der Waals surface area contributed by atoms with Crippen LogP contribution in [0, 0.1) is 0 Å². The number of hydrogen-bond acceptors (Lipinski definition) is 0. The van der Waals surface area contributed by atoms with E-state index in [9.17, 15) is 13.2 Å². The molecule has 0 heterocycles. The van der Waals surface area contributed by atoms with Crippen molar-refractivity contribution in [1.82, 2.24) is 0 Å². The second-order valence-corrected chi connectivity index (χ2v) is 10.6. The van der Waals surface area contributed by atoms with Crippen LogP contribution in [0.4, 0.5) is 13.2 Å². The number of rotatable bonds is 3. The molecule has 0 aliphatic rings. The molecule has 0 amide bonds. The standard InChI is InChI=1S/C22H23S.C7H5F3/c1-22(2,3)18-14-16-21(17-15-18)23(19-10-6-4-7-11-19)20-12-8-5-9-13-20;8-7(9,10)6-4-2-1-3-5-6/h4-17H,1-3H3;1-5H/q+1;. The molecule has 4 heteroatoms. The third kappa shape index (κ3) is 7.00. The highest BCUT2D eigenvalue weighted by Crippen LogP contribution is 2.32. The maximum Gasteiger partial charge on any atom is 0.416 e. The predicted molar refractivity (Wildman–Crippen MR) is 132 cm³/mol. The van der Waals surface area contributed by atoms with Crippen LogP contribution in [0.1, 0.15) is 31.9 Å². The van der Waals surface area contributed by atoms with Gasteiger partial charge in [0.15, 0.2) is 14.7 Å². The van der Waals surface area contributed by atoms with E-state index < -0.39 is 11.7 Å². The largest absolute Gasteiger partial charge is 0.416 e. The molecule has 0 nitrogen and oxygen atoms in total. The summed E-state index contributed by atoms with van der Waals surface area (Å²) in [6.45, 7) is 6.78. The Hall–Kier alpha value is -2.98. The first-order valence-electron chi connectivity index (χ1n) is 10.7. The molecule has 4 aromatic carbocycles. The van der Waals surface area contributed by atoms with Crippen LogP contribution in [0.15, 0.2) is 130 Å². The Balaban J connectivity index is 0.000000257. The summed E-state index contributed by atoms with van der Waals surface area (Å²) >= 11 is 0. The molecule has 33 heavy (non-hydrogen) atoms. The molecule has 0 saturated carbocycles. The van der Waals surface area contributed by atoms with Gasteiger partial charge in [-0.1, -0.05) is 99.6 Å². The van der Waals surface area contributed by atoms with E-state index in [0.29, 0.717) is 0 Å². The molecule has 4 aromatic rings. The molecule has 0 spiro atoms. The summed E-state index contributed by atoms with van der Waals surface area (Å²) in [5, 5.41) is 0. The molecule has 0 aliphatic heterocycles. The minimum Gasteiger partial charge on any atom is -0.166 e. The smallest absolute Gasteiger partial charge is 0.166 e. The highest BCUT2D eigenvalue weighted by molar-refractivity contribution is 7.97. The van der Waals surface area contributed by atoms with E-state index in [2.05, 4.69) is 106 Å². The van der Waals surface area contributed by atoms with Crippen LogP contribution >= 0.6 is 0 Å². The fourth-order valence-electron chi connectivity index (χ4n) is 3.24. The van der Waals surface area contributed by atoms with E-state index in [-0.39, 0.29) is 16.3 Å². The van der Waals surface area contributed by atoms with Gasteiger partial charge in [0.2, 0.25) is 0 Å². The molecule has 0 fully saturated rings. The first kappa shape index (κ1) is 24.7. The molecular weight excluding hydrogens is 437 g/mol. The van der Waals surface area contributed by atoms with Crippen LogP contribution in [0.25, 0.3) is 0 Å². The van der Waals surface area contributed by atoms with Gasteiger partial charge in [-0.3, -0.25) is 0 Å². The third-order valence-corrected chi connectivity index (χ3v) is 7.25. The van der Waals surface area contributed by atoms with Gasteiger partial charge in [-0.25, -0.2) is 0 Å². The van der Waals surface area contributed by atoms with Gasteiger partial charge in [0.25, 0.3) is 0 Å². The van der Waals surface area contributed by atoms with Gasteiger partial charge < -0.3 is 0 Å². The predicted octanol–water partition coefficient (Wildman–Crippen LogP) is 8.78. The quantitative estimate of drug-likeness (QED) is 0.265. The first-order chi connectivity index (χ1) is 15.7. The van der Waals surface area contributed by atoms with Crippen molar-refractivity contribution < 1.29 is 13.2 Å². The molecule has 0 saturated heterocycles. The molecule has 4 rings (SSSR count). The lowest BCUT2D eigenvalue weighted by Crippen LogP contribution is -2.11. The van der Waals surface area contributed by atoms with Crippen LogP contribution in [-0.4, -0.2) is 0 Å². The molecule has 0 atom stereocenters. The molecule has 0 unspecified atom stereocenters. The van der Waals surface area contributed by atoms with E-state index in [0.717, 1.165) is 12.1 Å². The maximum atomic E-state index is 11.8. The van der Waals surface area contributed by atoms with Crippen LogP contribution in [0.5, 0.6) is 0 Å². The number of alkyl halides is 3. The maximum absolute atomic E-state index is 11.8. The lowest BCUT2D eigenvalue weighted by molar-refractivity contribution is -0.137. The van der Waals surface area contributed by atoms with Crippen molar-refractivity contribution in [3.8, 4) is 0 Å². The van der Waals surface area contributed by atoms with E-state index in [1.807, 2.05) is 0 Å². The Bertz CT molecular complexity index is 1060. The monoisotopic (exact) mass is 465 g/mol. The van der Waals surface area contributed by atoms with Gasteiger partial charge in [0, 0.05) is 0 Å². The molecule has 0 radical (unpaired) electrons. The highest BCUT2D eigenvalue weighted by Gasteiger charge is 2.30. The number of hydrogen-bond donors (Lipinski definition) is 0. The van der Waals surface area contributed by atoms with Crippen LogP contribution < -0.4 is 0 Å². The van der Waals surface area contributed by atoms with Crippen molar-refractivity contribution in [3.63, 3.8) is 0 Å². The molecule has 170 valence electrons. The number of benzene rings is 4. The van der Waals surface area contributed by atoms with Crippen molar-refractivity contribution >= 4 is 10.9 Å². The van der Waals surface area contributed by atoms with Gasteiger partial charge in [-0.15, -0.1) is 0 Å². The molecule has 0 N–H and O–H groups in total. The minimum atomic E-state index is -4.21. The summed E-state index contributed by atoms with van der Waals surface area (Å²) in [6.07, 6.45) is -4.21. The van der Waals surface area contributed by atoms with Crippen molar-refractivity contribution in [1.29, 1.82) is 0 Å². The average molecular weight is 466 g/mol. The third-order valence-electron chi connectivity index (χ3n) is 5.01. The van der Waals surface area contributed by atoms with Crippen LogP contribution in [-0.2, 0) is 22.5 Å². The summed E-state index contributed by atoms with van der Waals surface area (Å²) in [7, 11) is -0.0497. The zero-order valence-electron chi connectivity index (χ0n) is 19.0. The Morgan fingerprint density at radius 3 is 1.15 bits per heavy atom. The highest BCUT2D eigenvalue weighted by atomic mass is 32.2. The van der Waals surface area contributed by atoms with Crippen molar-refractivity contribution in [2.24, 2.45) is 0 Å². The second-order valence-electron chi connectivity index (χ2n) is 8.57. The first-order valence-corrected chi connectivity index (χ1v) is 12.0.